The van der Waals surface area contributed by atoms with Crippen molar-refractivity contribution in [3.05, 3.63) is 65.4 Å². The van der Waals surface area contributed by atoms with Crippen molar-refractivity contribution < 1.29 is 17.9 Å². The van der Waals surface area contributed by atoms with Crippen LogP contribution < -0.4 is 15.0 Å². The van der Waals surface area contributed by atoms with Crippen LogP contribution in [-0.2, 0) is 21.7 Å². The number of nitrogens with zero attached hydrogens (tertiary/aromatic N) is 3. The summed E-state index contributed by atoms with van der Waals surface area (Å²) >= 11 is 0. The zero-order chi connectivity index (χ0) is 25.7. The molecular weight excluding hydrogens is 476 g/mol. The van der Waals surface area contributed by atoms with Crippen LogP contribution in [0.3, 0.4) is 0 Å². The number of nitrogens with one attached hydrogen (secondary N) is 1. The number of anilines is 1. The molecule has 0 bridgehead atoms. The van der Waals surface area contributed by atoms with Gasteiger partial charge in [-0.2, -0.15) is 5.10 Å². The molecule has 1 saturated carbocycles. The number of carbonyl (C=O) groups excluding carboxylic acids is 1. The summed E-state index contributed by atoms with van der Waals surface area (Å²) in [6.07, 6.45) is 4.03. The van der Waals surface area contributed by atoms with Gasteiger partial charge in [-0.25, -0.2) is 13.1 Å². The first-order valence-corrected chi connectivity index (χ1v) is 14.1. The van der Waals surface area contributed by atoms with Crippen LogP contribution in [-0.4, -0.2) is 56.6 Å². The highest BCUT2D eigenvalue weighted by atomic mass is 32.2. The van der Waals surface area contributed by atoms with E-state index < -0.39 is 9.84 Å². The van der Waals surface area contributed by atoms with Crippen LogP contribution in [0.1, 0.15) is 48.3 Å². The molecule has 1 aliphatic carbocycles. The van der Waals surface area contributed by atoms with Crippen molar-refractivity contribution in [2.24, 2.45) is 0 Å². The van der Waals surface area contributed by atoms with Crippen molar-refractivity contribution in [3.8, 4) is 11.4 Å². The van der Waals surface area contributed by atoms with Gasteiger partial charge < -0.3 is 15.0 Å². The molecule has 0 spiro atoms. The zero-order valence-corrected chi connectivity index (χ0v) is 21.9. The molecule has 1 aliphatic heterocycles. The summed E-state index contributed by atoms with van der Waals surface area (Å²) < 4.78 is 31.7. The Hall–Kier alpha value is -3.17. The van der Waals surface area contributed by atoms with Gasteiger partial charge in [0, 0.05) is 42.1 Å². The maximum absolute atomic E-state index is 13.8. The van der Waals surface area contributed by atoms with E-state index in [1.54, 1.807) is 36.3 Å². The van der Waals surface area contributed by atoms with Crippen molar-refractivity contribution in [1.29, 1.82) is 0 Å². The Bertz CT molecular complexity index is 1390. The number of benzene rings is 2. The molecule has 2 heterocycles. The first-order chi connectivity index (χ1) is 17.1. The maximum atomic E-state index is 13.8. The van der Waals surface area contributed by atoms with Crippen LogP contribution in [0.4, 0.5) is 5.69 Å². The summed E-state index contributed by atoms with van der Waals surface area (Å²) in [7, 11) is -2.04. The molecule has 36 heavy (non-hydrogen) atoms. The van der Waals surface area contributed by atoms with Crippen LogP contribution in [0.15, 0.2) is 53.6 Å². The van der Waals surface area contributed by atoms with E-state index in [1.807, 2.05) is 12.1 Å². The van der Waals surface area contributed by atoms with Gasteiger partial charge in [0.25, 0.3) is 5.91 Å². The van der Waals surface area contributed by atoms with E-state index in [2.05, 4.69) is 36.4 Å². The fraction of sp³-hybridized carbons (Fsp3) is 0.407. The topological polar surface area (TPSA) is 93.5 Å². The Morgan fingerprint density at radius 1 is 1.06 bits per heavy atom. The van der Waals surface area contributed by atoms with Gasteiger partial charge in [-0.15, -0.1) is 0 Å². The average molecular weight is 509 g/mol. The Labute approximate surface area is 212 Å². The summed E-state index contributed by atoms with van der Waals surface area (Å²) in [5.41, 5.74) is 3.30. The van der Waals surface area contributed by atoms with Crippen molar-refractivity contribution in [2.75, 3.05) is 31.4 Å². The van der Waals surface area contributed by atoms with Crippen LogP contribution in [0.5, 0.6) is 5.75 Å². The summed E-state index contributed by atoms with van der Waals surface area (Å²) in [6, 6.07) is 15.8. The quantitative estimate of drug-likeness (QED) is 0.501. The number of aromatic nitrogens is 2. The number of carbonyl (C=O) groups is 1. The summed E-state index contributed by atoms with van der Waals surface area (Å²) in [5, 5.41) is 7.95. The van der Waals surface area contributed by atoms with E-state index in [4.69, 9.17) is 4.74 Å². The van der Waals surface area contributed by atoms with Gasteiger partial charge in [0.1, 0.15) is 11.4 Å². The molecule has 3 aromatic rings. The Kier molecular flexibility index (Phi) is 6.16. The highest BCUT2D eigenvalue weighted by molar-refractivity contribution is 7.90. The SMILES string of the molecule is COc1ccc(-n2nc(S(C)(=O)=O)c3c2C(=O)N(c2ccc(C(C)(C)CNC4CC4)cc2)CC3)cc1. The first-order valence-electron chi connectivity index (χ1n) is 12.2. The third-order valence-corrected chi connectivity index (χ3v) is 8.05. The van der Waals surface area contributed by atoms with Crippen LogP contribution in [0, 0.1) is 0 Å². The van der Waals surface area contributed by atoms with E-state index in [0.29, 0.717) is 36.0 Å². The number of fused-ring (bicyclic) bond motifs is 1. The number of sulfone groups is 1. The van der Waals surface area contributed by atoms with E-state index in [1.165, 1.54) is 23.1 Å². The largest absolute Gasteiger partial charge is 0.497 e. The zero-order valence-electron chi connectivity index (χ0n) is 21.1. The van der Waals surface area contributed by atoms with E-state index in [9.17, 15) is 13.2 Å². The van der Waals surface area contributed by atoms with E-state index in [0.717, 1.165) is 18.5 Å². The van der Waals surface area contributed by atoms with Gasteiger partial charge >= 0.3 is 0 Å². The molecule has 2 aliphatic rings. The molecule has 0 unspecified atom stereocenters. The molecule has 1 N–H and O–H groups in total. The van der Waals surface area contributed by atoms with Gasteiger partial charge in [0.05, 0.1) is 12.8 Å². The highest BCUT2D eigenvalue weighted by Crippen LogP contribution is 2.32. The van der Waals surface area contributed by atoms with E-state index >= 15 is 0 Å². The second-order valence-electron chi connectivity index (χ2n) is 10.3. The number of ether oxygens (including phenoxy) is 1. The molecule has 0 radical (unpaired) electrons. The second-order valence-corrected chi connectivity index (χ2v) is 12.2. The third kappa shape index (κ3) is 4.65. The highest BCUT2D eigenvalue weighted by Gasteiger charge is 2.36. The summed E-state index contributed by atoms with van der Waals surface area (Å²) in [5.74, 6) is 0.392. The Morgan fingerprint density at radius 3 is 2.28 bits per heavy atom. The van der Waals surface area contributed by atoms with Gasteiger partial charge in [-0.3, -0.25) is 4.79 Å². The monoisotopic (exact) mass is 508 g/mol. The summed E-state index contributed by atoms with van der Waals surface area (Å²) in [6.45, 7) is 5.72. The maximum Gasteiger partial charge on any atom is 0.277 e. The number of amides is 1. The lowest BCUT2D eigenvalue weighted by molar-refractivity contribution is 0.0973. The van der Waals surface area contributed by atoms with Crippen molar-refractivity contribution >= 4 is 21.4 Å². The molecular formula is C27H32N4O4S. The van der Waals surface area contributed by atoms with Gasteiger partial charge in [-0.1, -0.05) is 26.0 Å². The van der Waals surface area contributed by atoms with Gasteiger partial charge in [0.2, 0.25) is 0 Å². The first kappa shape index (κ1) is 24.5. The molecule has 9 heteroatoms. The third-order valence-electron chi connectivity index (χ3n) is 7.02. The molecule has 2 aromatic carbocycles. The molecule has 1 aromatic heterocycles. The van der Waals surface area contributed by atoms with Crippen LogP contribution >= 0.6 is 0 Å². The fourth-order valence-electron chi connectivity index (χ4n) is 4.66. The van der Waals surface area contributed by atoms with Crippen molar-refractivity contribution in [3.63, 3.8) is 0 Å². The van der Waals surface area contributed by atoms with E-state index in [-0.39, 0.29) is 22.0 Å². The van der Waals surface area contributed by atoms with Gasteiger partial charge in [0.15, 0.2) is 14.9 Å². The molecule has 8 nitrogen and oxygen atoms in total. The smallest absolute Gasteiger partial charge is 0.277 e. The second kappa shape index (κ2) is 9.05. The molecule has 190 valence electrons. The van der Waals surface area contributed by atoms with Crippen molar-refractivity contribution in [1.82, 2.24) is 15.1 Å². The normalized spacial score (nSPS) is 16.2. The lowest BCUT2D eigenvalue weighted by atomic mass is 9.84. The minimum absolute atomic E-state index is 0.0302. The number of hydrogen-bond donors (Lipinski definition) is 1. The lowest BCUT2D eigenvalue weighted by Crippen LogP contribution is -2.39. The molecule has 0 saturated heterocycles. The average Bonchev–Trinajstić information content (AvgIpc) is 3.60. The van der Waals surface area contributed by atoms with Crippen LogP contribution in [0.25, 0.3) is 5.69 Å². The molecule has 1 fully saturated rings. The Morgan fingerprint density at radius 2 is 1.69 bits per heavy atom. The molecule has 0 atom stereocenters. The number of hydrogen-bond acceptors (Lipinski definition) is 6. The standard InChI is InChI=1S/C27H32N4O4S/c1-27(2,17-28-19-7-8-19)18-5-9-20(10-6-18)30-16-15-23-24(26(30)32)31(29-25(23)36(4,33)34)21-11-13-22(35-3)14-12-21/h5-6,9-14,19,28H,7-8,15-17H2,1-4H3. The number of methoxy groups -OCH3 is 1. The predicted octanol–water partition coefficient (Wildman–Crippen LogP) is 3.52. The number of rotatable bonds is 8. The predicted molar refractivity (Wildman–Crippen MR) is 139 cm³/mol. The summed E-state index contributed by atoms with van der Waals surface area (Å²) in [4.78, 5) is 15.5. The van der Waals surface area contributed by atoms with Crippen LogP contribution in [0.2, 0.25) is 0 Å². The van der Waals surface area contributed by atoms with Gasteiger partial charge in [-0.05, 0) is 61.2 Å². The minimum atomic E-state index is -3.61. The Balaban J connectivity index is 1.48. The molecule has 5 rings (SSSR count). The fourth-order valence-corrected chi connectivity index (χ4v) is 5.54. The molecule has 1 amide bonds. The van der Waals surface area contributed by atoms with Crippen molar-refractivity contribution in [2.45, 2.75) is 49.6 Å². The minimum Gasteiger partial charge on any atom is -0.497 e. The lowest BCUT2D eigenvalue weighted by Gasteiger charge is -2.29.